The summed E-state index contributed by atoms with van der Waals surface area (Å²) in [7, 11) is 1.24. The van der Waals surface area contributed by atoms with Gasteiger partial charge in [-0.05, 0) is 43.0 Å². The summed E-state index contributed by atoms with van der Waals surface area (Å²) < 4.78 is 17.6. The lowest BCUT2D eigenvalue weighted by Crippen LogP contribution is -2.48. The lowest BCUT2D eigenvalue weighted by molar-refractivity contribution is -0.145. The maximum absolute atomic E-state index is 12.9. The molecule has 0 bridgehead atoms. The molecule has 0 saturated heterocycles. The monoisotopic (exact) mass is 307 g/mol. The standard InChI is InChI=1S/C16H18FNO4/c1-22-16(21)14(11-3-2-4-13(19)9-11)18-15(20)10-5-7-12(17)8-6-10/h5-8,11,14H,2-4,9H2,1H3,(H,18,20)/t11-,14+/m0/s1. The molecule has 1 aliphatic rings. The molecule has 2 rings (SSSR count). The average molecular weight is 307 g/mol. The van der Waals surface area contributed by atoms with E-state index in [2.05, 4.69) is 5.32 Å². The van der Waals surface area contributed by atoms with E-state index in [9.17, 15) is 18.8 Å². The molecule has 1 fully saturated rings. The summed E-state index contributed by atoms with van der Waals surface area (Å²) in [4.78, 5) is 35.7. The molecule has 0 aliphatic heterocycles. The summed E-state index contributed by atoms with van der Waals surface area (Å²) in [6.45, 7) is 0. The molecule has 5 nitrogen and oxygen atoms in total. The average Bonchev–Trinajstić information content (AvgIpc) is 2.52. The summed E-state index contributed by atoms with van der Waals surface area (Å²) in [5, 5.41) is 2.61. The minimum absolute atomic E-state index is 0.0844. The molecule has 2 atom stereocenters. The summed E-state index contributed by atoms with van der Waals surface area (Å²) in [6, 6.07) is 4.15. The third-order valence-corrected chi connectivity index (χ3v) is 3.84. The first-order valence-corrected chi connectivity index (χ1v) is 7.17. The van der Waals surface area contributed by atoms with Crippen LogP contribution in [-0.4, -0.2) is 30.8 Å². The Morgan fingerprint density at radius 1 is 1.32 bits per heavy atom. The number of esters is 1. The Hall–Kier alpha value is -2.24. The summed E-state index contributed by atoms with van der Waals surface area (Å²) in [5.41, 5.74) is 0.248. The summed E-state index contributed by atoms with van der Waals surface area (Å²) in [5.74, 6) is -1.69. The van der Waals surface area contributed by atoms with Gasteiger partial charge in [-0.2, -0.15) is 0 Å². The maximum atomic E-state index is 12.9. The second-order valence-corrected chi connectivity index (χ2v) is 5.38. The number of benzene rings is 1. The van der Waals surface area contributed by atoms with Crippen molar-refractivity contribution in [2.24, 2.45) is 5.92 Å². The first kappa shape index (κ1) is 16.1. The molecule has 1 amide bonds. The second-order valence-electron chi connectivity index (χ2n) is 5.38. The lowest BCUT2D eigenvalue weighted by atomic mass is 9.83. The fourth-order valence-electron chi connectivity index (χ4n) is 2.66. The van der Waals surface area contributed by atoms with Gasteiger partial charge in [0.1, 0.15) is 17.6 Å². The molecule has 1 aromatic carbocycles. The normalized spacial score (nSPS) is 19.4. The van der Waals surface area contributed by atoms with Crippen LogP contribution in [-0.2, 0) is 14.3 Å². The Kier molecular flexibility index (Phi) is 5.25. The van der Waals surface area contributed by atoms with Crippen molar-refractivity contribution in [2.45, 2.75) is 31.7 Å². The van der Waals surface area contributed by atoms with Crippen LogP contribution >= 0.6 is 0 Å². The number of halogens is 1. The molecule has 0 spiro atoms. The first-order valence-electron chi connectivity index (χ1n) is 7.17. The number of methoxy groups -OCH3 is 1. The van der Waals surface area contributed by atoms with Gasteiger partial charge in [-0.15, -0.1) is 0 Å². The zero-order chi connectivity index (χ0) is 16.1. The predicted octanol–water partition coefficient (Wildman–Crippen LogP) is 1.86. The highest BCUT2D eigenvalue weighted by atomic mass is 19.1. The van der Waals surface area contributed by atoms with Gasteiger partial charge in [0, 0.05) is 18.4 Å². The van der Waals surface area contributed by atoms with Crippen molar-refractivity contribution in [3.8, 4) is 0 Å². The molecule has 22 heavy (non-hydrogen) atoms. The summed E-state index contributed by atoms with van der Waals surface area (Å²) >= 11 is 0. The minimum Gasteiger partial charge on any atom is -0.467 e. The quantitative estimate of drug-likeness (QED) is 0.862. The minimum atomic E-state index is -0.869. The van der Waals surface area contributed by atoms with Gasteiger partial charge in [-0.1, -0.05) is 0 Å². The molecule has 1 aromatic rings. The van der Waals surface area contributed by atoms with E-state index in [4.69, 9.17) is 4.74 Å². The van der Waals surface area contributed by atoms with Crippen LogP contribution in [0.15, 0.2) is 24.3 Å². The number of carbonyl (C=O) groups excluding carboxylic acids is 3. The molecule has 1 N–H and O–H groups in total. The number of ether oxygens (including phenoxy) is 1. The smallest absolute Gasteiger partial charge is 0.328 e. The Bertz CT molecular complexity index is 570. The lowest BCUT2D eigenvalue weighted by Gasteiger charge is -2.28. The summed E-state index contributed by atoms with van der Waals surface area (Å²) in [6.07, 6.45) is 2.14. The van der Waals surface area contributed by atoms with Crippen LogP contribution in [0.2, 0.25) is 0 Å². The van der Waals surface area contributed by atoms with Crippen molar-refractivity contribution < 1.29 is 23.5 Å². The van der Waals surface area contributed by atoms with Crippen LogP contribution in [0.4, 0.5) is 4.39 Å². The molecule has 1 aliphatic carbocycles. The number of rotatable bonds is 4. The Labute approximate surface area is 127 Å². The Morgan fingerprint density at radius 2 is 2.00 bits per heavy atom. The molecule has 0 unspecified atom stereocenters. The third kappa shape index (κ3) is 3.90. The van der Waals surface area contributed by atoms with E-state index < -0.39 is 23.7 Å². The van der Waals surface area contributed by atoms with Crippen LogP contribution in [0.25, 0.3) is 0 Å². The van der Waals surface area contributed by atoms with Gasteiger partial charge in [0.2, 0.25) is 0 Å². The van der Waals surface area contributed by atoms with E-state index in [0.717, 1.165) is 0 Å². The zero-order valence-corrected chi connectivity index (χ0v) is 12.3. The fourth-order valence-corrected chi connectivity index (χ4v) is 2.66. The molecular formula is C16H18FNO4. The number of hydrogen-bond acceptors (Lipinski definition) is 4. The van der Waals surface area contributed by atoms with Crippen molar-refractivity contribution >= 4 is 17.7 Å². The van der Waals surface area contributed by atoms with Crippen LogP contribution in [0.5, 0.6) is 0 Å². The molecule has 118 valence electrons. The van der Waals surface area contributed by atoms with Gasteiger partial charge in [0.05, 0.1) is 7.11 Å². The van der Waals surface area contributed by atoms with Gasteiger partial charge in [-0.3, -0.25) is 9.59 Å². The molecule has 1 saturated carbocycles. The van der Waals surface area contributed by atoms with Crippen molar-refractivity contribution in [1.29, 1.82) is 0 Å². The van der Waals surface area contributed by atoms with Crippen molar-refractivity contribution in [3.63, 3.8) is 0 Å². The number of nitrogens with one attached hydrogen (secondary N) is 1. The SMILES string of the molecule is COC(=O)[C@H](NC(=O)c1ccc(F)cc1)[C@H]1CCCC(=O)C1. The van der Waals surface area contributed by atoms with E-state index in [-0.39, 0.29) is 23.7 Å². The molecule has 0 radical (unpaired) electrons. The highest BCUT2D eigenvalue weighted by Gasteiger charge is 2.34. The largest absolute Gasteiger partial charge is 0.467 e. The molecule has 0 heterocycles. The van der Waals surface area contributed by atoms with Crippen LogP contribution in [0.3, 0.4) is 0 Å². The van der Waals surface area contributed by atoms with Gasteiger partial charge < -0.3 is 10.1 Å². The number of hydrogen-bond donors (Lipinski definition) is 1. The van der Waals surface area contributed by atoms with E-state index in [1.165, 1.54) is 31.4 Å². The van der Waals surface area contributed by atoms with E-state index in [1.807, 2.05) is 0 Å². The van der Waals surface area contributed by atoms with Gasteiger partial charge in [0.15, 0.2) is 0 Å². The van der Waals surface area contributed by atoms with Crippen LogP contribution < -0.4 is 5.32 Å². The third-order valence-electron chi connectivity index (χ3n) is 3.84. The Balaban J connectivity index is 2.12. The van der Waals surface area contributed by atoms with Crippen LogP contribution in [0, 0.1) is 11.7 Å². The van der Waals surface area contributed by atoms with Gasteiger partial charge in [0.25, 0.3) is 5.91 Å². The highest BCUT2D eigenvalue weighted by Crippen LogP contribution is 2.25. The molecule has 6 heteroatoms. The topological polar surface area (TPSA) is 72.5 Å². The van der Waals surface area contributed by atoms with E-state index in [0.29, 0.717) is 19.3 Å². The Morgan fingerprint density at radius 3 is 2.59 bits per heavy atom. The number of Topliss-reactive ketones (excluding diaryl/α,β-unsaturated/α-hetero) is 1. The fraction of sp³-hybridized carbons (Fsp3) is 0.438. The molecular weight excluding hydrogens is 289 g/mol. The number of ketones is 1. The highest BCUT2D eigenvalue weighted by molar-refractivity contribution is 5.97. The predicted molar refractivity (Wildman–Crippen MR) is 76.6 cm³/mol. The van der Waals surface area contributed by atoms with Crippen molar-refractivity contribution in [1.82, 2.24) is 5.32 Å². The zero-order valence-electron chi connectivity index (χ0n) is 12.3. The van der Waals surface area contributed by atoms with E-state index in [1.54, 1.807) is 0 Å². The first-order chi connectivity index (χ1) is 10.5. The van der Waals surface area contributed by atoms with Gasteiger partial charge >= 0.3 is 5.97 Å². The van der Waals surface area contributed by atoms with Gasteiger partial charge in [-0.25, -0.2) is 9.18 Å². The van der Waals surface area contributed by atoms with Crippen LogP contribution in [0.1, 0.15) is 36.0 Å². The van der Waals surface area contributed by atoms with Crippen molar-refractivity contribution in [2.75, 3.05) is 7.11 Å². The van der Waals surface area contributed by atoms with Crippen molar-refractivity contribution in [3.05, 3.63) is 35.6 Å². The molecule has 0 aromatic heterocycles. The number of amides is 1. The number of carbonyl (C=O) groups is 3. The second kappa shape index (κ2) is 7.15. The maximum Gasteiger partial charge on any atom is 0.328 e. The van der Waals surface area contributed by atoms with E-state index >= 15 is 0 Å².